The van der Waals surface area contributed by atoms with Crippen molar-refractivity contribution in [2.45, 2.75) is 20.8 Å². The zero-order valence-electron chi connectivity index (χ0n) is 19.3. The van der Waals surface area contributed by atoms with E-state index in [1.807, 2.05) is 19.9 Å². The number of amides is 2. The Morgan fingerprint density at radius 3 is 2.17 bits per heavy atom. The van der Waals surface area contributed by atoms with Gasteiger partial charge in [0.25, 0.3) is 11.6 Å². The lowest BCUT2D eigenvalue weighted by Gasteiger charge is -2.15. The van der Waals surface area contributed by atoms with Crippen LogP contribution in [0.2, 0.25) is 5.02 Å². The van der Waals surface area contributed by atoms with Gasteiger partial charge >= 0.3 is 5.91 Å². The van der Waals surface area contributed by atoms with E-state index in [0.29, 0.717) is 22.1 Å². The third-order valence-electron chi connectivity index (χ3n) is 5.79. The quantitative estimate of drug-likeness (QED) is 0.326. The fourth-order valence-corrected chi connectivity index (χ4v) is 4.59. The van der Waals surface area contributed by atoms with E-state index in [9.17, 15) is 14.7 Å². The van der Waals surface area contributed by atoms with Crippen molar-refractivity contribution >= 4 is 40.4 Å². The number of para-hydroxylation sites is 1. The van der Waals surface area contributed by atoms with E-state index in [1.54, 1.807) is 78.5 Å². The number of halogens is 1. The van der Waals surface area contributed by atoms with E-state index < -0.39 is 17.7 Å². The molecule has 0 aliphatic carbocycles. The number of aromatic nitrogens is 3. The molecule has 3 heterocycles. The number of nitrogens with zero attached hydrogens (tertiary/aromatic N) is 4. The number of aryl methyl sites for hydroxylation is 3. The maximum atomic E-state index is 13.8. The average molecular weight is 485 g/mol. The van der Waals surface area contributed by atoms with E-state index in [-0.39, 0.29) is 16.8 Å². The molecule has 2 amide bonds. The minimum Gasteiger partial charge on any atom is -0.858 e. The maximum absolute atomic E-state index is 13.8. The molecule has 0 atom stereocenters. The molecule has 1 aliphatic heterocycles. The summed E-state index contributed by atoms with van der Waals surface area (Å²) in [5.41, 5.74) is 3.25. The van der Waals surface area contributed by atoms with Gasteiger partial charge in [-0.1, -0.05) is 35.9 Å². The Bertz CT molecular complexity index is 1520. The van der Waals surface area contributed by atoms with Crippen LogP contribution in [0.4, 0.5) is 5.69 Å². The Hall–Kier alpha value is -4.23. The summed E-state index contributed by atoms with van der Waals surface area (Å²) in [5.74, 6) is -1.59. The second kappa shape index (κ2) is 8.52. The third kappa shape index (κ3) is 3.80. The van der Waals surface area contributed by atoms with Gasteiger partial charge in [-0.25, -0.2) is 9.58 Å². The predicted octanol–water partition coefficient (Wildman–Crippen LogP) is 3.75. The highest BCUT2D eigenvalue weighted by atomic mass is 35.5. The lowest BCUT2D eigenvalue weighted by Crippen LogP contribution is -2.40. The second-order valence-corrected chi connectivity index (χ2v) is 8.90. The normalized spacial score (nSPS) is 13.8. The minimum atomic E-state index is -0.575. The van der Waals surface area contributed by atoms with Crippen LogP contribution in [0.15, 0.2) is 73.1 Å². The molecule has 0 fully saturated rings. The predicted molar refractivity (Wildman–Crippen MR) is 131 cm³/mol. The van der Waals surface area contributed by atoms with Crippen LogP contribution in [0.3, 0.4) is 0 Å². The first-order valence-electron chi connectivity index (χ1n) is 11.0. The molecule has 0 spiro atoms. The molecule has 0 radical (unpaired) electrons. The molecule has 174 valence electrons. The van der Waals surface area contributed by atoms with E-state index in [2.05, 4.69) is 5.10 Å². The van der Waals surface area contributed by atoms with E-state index in [1.165, 1.54) is 4.68 Å². The smallest absolute Gasteiger partial charge is 0.331 e. The van der Waals surface area contributed by atoms with E-state index in [0.717, 1.165) is 16.0 Å². The van der Waals surface area contributed by atoms with Crippen LogP contribution >= 0.6 is 11.6 Å². The van der Waals surface area contributed by atoms with Crippen LogP contribution in [0.5, 0.6) is 5.88 Å². The monoisotopic (exact) mass is 484 g/mol. The summed E-state index contributed by atoms with van der Waals surface area (Å²) in [4.78, 5) is 28.7. The lowest BCUT2D eigenvalue weighted by molar-refractivity contribution is -0.577. The van der Waals surface area contributed by atoms with Gasteiger partial charge in [-0.2, -0.15) is 9.67 Å². The Labute approximate surface area is 207 Å². The average Bonchev–Trinajstić information content (AvgIpc) is 3.24. The number of rotatable bonds is 4. The molecular weight excluding hydrogens is 464 g/mol. The van der Waals surface area contributed by atoms with Crippen molar-refractivity contribution in [1.29, 1.82) is 0 Å². The molecule has 7 nitrogen and oxygen atoms in total. The van der Waals surface area contributed by atoms with Crippen molar-refractivity contribution in [3.05, 3.63) is 100 Å². The molecule has 2 aromatic carbocycles. The third-order valence-corrected chi connectivity index (χ3v) is 6.03. The number of benzene rings is 2. The molecule has 35 heavy (non-hydrogen) atoms. The van der Waals surface area contributed by atoms with Crippen LogP contribution < -0.4 is 14.6 Å². The number of pyridine rings is 1. The first-order valence-corrected chi connectivity index (χ1v) is 11.3. The molecule has 8 heteroatoms. The Kier molecular flexibility index (Phi) is 5.49. The minimum absolute atomic E-state index is 0.0182. The molecule has 0 unspecified atom stereocenters. The zero-order valence-corrected chi connectivity index (χ0v) is 20.1. The highest BCUT2D eigenvalue weighted by Crippen LogP contribution is 2.38. The van der Waals surface area contributed by atoms with Gasteiger partial charge < -0.3 is 5.11 Å². The highest BCUT2D eigenvalue weighted by Gasteiger charge is 2.47. The summed E-state index contributed by atoms with van der Waals surface area (Å²) >= 11 is 6.12. The van der Waals surface area contributed by atoms with Crippen LogP contribution in [-0.4, -0.2) is 21.6 Å². The molecule has 4 aromatic rings. The second-order valence-electron chi connectivity index (χ2n) is 8.46. The van der Waals surface area contributed by atoms with Gasteiger partial charge in [-0.15, -0.1) is 0 Å². The summed E-state index contributed by atoms with van der Waals surface area (Å²) in [5, 5.41) is 18.5. The van der Waals surface area contributed by atoms with Crippen LogP contribution in [0, 0.1) is 20.8 Å². The molecule has 1 aliphatic rings. The van der Waals surface area contributed by atoms with Gasteiger partial charge in [0.15, 0.2) is 12.4 Å². The fourth-order valence-electron chi connectivity index (χ4n) is 4.41. The number of carbonyl (C=O) groups excluding carboxylic acids is 2. The van der Waals surface area contributed by atoms with Gasteiger partial charge in [0.1, 0.15) is 5.57 Å². The molecular formula is C27H21ClN4O3. The van der Waals surface area contributed by atoms with Crippen LogP contribution in [-0.2, 0) is 9.59 Å². The molecule has 0 saturated carbocycles. The largest absolute Gasteiger partial charge is 0.858 e. The first kappa shape index (κ1) is 22.6. The molecule has 2 aromatic heterocycles. The van der Waals surface area contributed by atoms with Crippen molar-refractivity contribution in [2.75, 3.05) is 4.90 Å². The van der Waals surface area contributed by atoms with Crippen molar-refractivity contribution in [2.24, 2.45) is 0 Å². The van der Waals surface area contributed by atoms with Gasteiger partial charge in [-0.3, -0.25) is 9.59 Å². The van der Waals surface area contributed by atoms with Crippen LogP contribution in [0.25, 0.3) is 17.0 Å². The SMILES string of the molecule is Cc1cc(C)c[n+](C2=C(c3c(C)nn(-c4cccc(Cl)c4)c3[O-])C(=O)N(c3ccccc3)C2=O)c1. The highest BCUT2D eigenvalue weighted by molar-refractivity contribution is 6.53. The number of hydrogen-bond donors (Lipinski definition) is 0. The number of hydrogen-bond acceptors (Lipinski definition) is 4. The summed E-state index contributed by atoms with van der Waals surface area (Å²) in [6.07, 6.45) is 3.53. The van der Waals surface area contributed by atoms with Crippen molar-refractivity contribution in [3.8, 4) is 11.6 Å². The van der Waals surface area contributed by atoms with Crippen LogP contribution in [0.1, 0.15) is 22.4 Å². The fraction of sp³-hybridized carbons (Fsp3) is 0.111. The number of carbonyl (C=O) groups is 2. The number of imide groups is 1. The van der Waals surface area contributed by atoms with Crippen molar-refractivity contribution < 1.29 is 19.3 Å². The van der Waals surface area contributed by atoms with Crippen molar-refractivity contribution in [1.82, 2.24) is 9.78 Å². The van der Waals surface area contributed by atoms with E-state index >= 15 is 0 Å². The van der Waals surface area contributed by atoms with E-state index in [4.69, 9.17) is 11.6 Å². The molecule has 0 saturated heterocycles. The van der Waals surface area contributed by atoms with Gasteiger partial charge in [0, 0.05) is 21.7 Å². The standard InChI is InChI=1S/C27H21ClN4O3/c1-16-12-17(2)15-30(14-16)24-23(25(33)31(27(24)35)20-9-5-4-6-10-20)22-18(3)29-32(26(22)34)21-11-7-8-19(28)13-21/h4-15H,1-3H3. The maximum Gasteiger partial charge on any atom is 0.331 e. The topological polar surface area (TPSA) is 82.1 Å². The van der Waals surface area contributed by atoms with Crippen molar-refractivity contribution in [3.63, 3.8) is 0 Å². The Morgan fingerprint density at radius 2 is 1.51 bits per heavy atom. The summed E-state index contributed by atoms with van der Waals surface area (Å²) in [6.45, 7) is 5.46. The lowest BCUT2D eigenvalue weighted by atomic mass is 10.0. The Morgan fingerprint density at radius 1 is 0.857 bits per heavy atom. The Balaban J connectivity index is 1.78. The molecule has 0 bridgehead atoms. The first-order chi connectivity index (χ1) is 16.8. The van der Waals surface area contributed by atoms with Gasteiger partial charge in [0.05, 0.1) is 17.1 Å². The van der Waals surface area contributed by atoms with Gasteiger partial charge in [0.2, 0.25) is 0 Å². The summed E-state index contributed by atoms with van der Waals surface area (Å²) in [6, 6.07) is 17.4. The number of anilines is 1. The summed E-state index contributed by atoms with van der Waals surface area (Å²) < 4.78 is 2.83. The summed E-state index contributed by atoms with van der Waals surface area (Å²) in [7, 11) is 0. The zero-order chi connectivity index (χ0) is 24.9. The van der Waals surface area contributed by atoms with Gasteiger partial charge in [-0.05, 0) is 63.0 Å². The molecule has 5 rings (SSSR count). The molecule has 0 N–H and O–H groups in total.